The lowest BCUT2D eigenvalue weighted by Gasteiger charge is -2.28. The monoisotopic (exact) mass is 319 g/mol. The van der Waals surface area contributed by atoms with Crippen LogP contribution in [0.25, 0.3) is 11.2 Å². The fourth-order valence-electron chi connectivity index (χ4n) is 3.48. The van der Waals surface area contributed by atoms with Crippen LogP contribution in [0.5, 0.6) is 0 Å². The second kappa shape index (κ2) is 6.21. The standard InChI is InChI=1S/C16H21N3S2/c1-4-14-16(17-7-1)19(13-5-9-20-10-6-13)15(18-14)12-3-2-8-21-11-12/h1,4,7,12-13H,2-3,5-6,8-11H2. The van der Waals surface area contributed by atoms with Crippen molar-refractivity contribution in [2.24, 2.45) is 0 Å². The second-order valence-electron chi connectivity index (χ2n) is 5.94. The third-order valence-electron chi connectivity index (χ3n) is 4.56. The maximum absolute atomic E-state index is 4.99. The molecule has 0 aliphatic carbocycles. The zero-order chi connectivity index (χ0) is 14.1. The Labute approximate surface area is 134 Å². The normalized spacial score (nSPS) is 24.5. The molecule has 0 aromatic carbocycles. The van der Waals surface area contributed by atoms with Gasteiger partial charge in [-0.15, -0.1) is 0 Å². The average Bonchev–Trinajstić information content (AvgIpc) is 2.96. The summed E-state index contributed by atoms with van der Waals surface area (Å²) < 4.78 is 2.51. The highest BCUT2D eigenvalue weighted by molar-refractivity contribution is 7.99. The minimum atomic E-state index is 0.605. The van der Waals surface area contributed by atoms with Crippen LogP contribution in [0.15, 0.2) is 18.3 Å². The first-order valence-corrected chi connectivity index (χ1v) is 10.2. The van der Waals surface area contributed by atoms with Crippen LogP contribution in [-0.2, 0) is 0 Å². The van der Waals surface area contributed by atoms with Crippen molar-refractivity contribution in [3.8, 4) is 0 Å². The number of fused-ring (bicyclic) bond motifs is 1. The van der Waals surface area contributed by atoms with E-state index in [4.69, 9.17) is 4.98 Å². The van der Waals surface area contributed by atoms with Gasteiger partial charge in [0.2, 0.25) is 0 Å². The van der Waals surface area contributed by atoms with Gasteiger partial charge in [0.15, 0.2) is 5.65 Å². The van der Waals surface area contributed by atoms with Gasteiger partial charge in [0, 0.05) is 23.9 Å². The van der Waals surface area contributed by atoms with E-state index in [1.54, 1.807) is 0 Å². The minimum Gasteiger partial charge on any atom is -0.309 e. The summed E-state index contributed by atoms with van der Waals surface area (Å²) in [5.74, 6) is 7.02. The minimum absolute atomic E-state index is 0.605. The molecule has 0 spiro atoms. The molecule has 0 bridgehead atoms. The van der Waals surface area contributed by atoms with E-state index in [9.17, 15) is 0 Å². The molecule has 2 saturated heterocycles. The zero-order valence-corrected chi connectivity index (χ0v) is 13.8. The average molecular weight is 319 g/mol. The molecule has 4 rings (SSSR count). The quantitative estimate of drug-likeness (QED) is 0.833. The first kappa shape index (κ1) is 13.9. The Morgan fingerprint density at radius 3 is 2.81 bits per heavy atom. The molecule has 2 aliphatic heterocycles. The van der Waals surface area contributed by atoms with E-state index in [0.29, 0.717) is 12.0 Å². The van der Waals surface area contributed by atoms with Crippen molar-refractivity contribution < 1.29 is 0 Å². The highest BCUT2D eigenvalue weighted by Gasteiger charge is 2.27. The van der Waals surface area contributed by atoms with E-state index < -0.39 is 0 Å². The molecule has 2 aromatic rings. The third kappa shape index (κ3) is 2.70. The van der Waals surface area contributed by atoms with Crippen LogP contribution >= 0.6 is 23.5 Å². The summed E-state index contributed by atoms with van der Waals surface area (Å²) in [6.45, 7) is 0. The highest BCUT2D eigenvalue weighted by Crippen LogP contribution is 2.37. The molecule has 4 heterocycles. The van der Waals surface area contributed by atoms with Crippen LogP contribution in [0.4, 0.5) is 0 Å². The van der Waals surface area contributed by atoms with E-state index in [0.717, 1.165) is 11.2 Å². The van der Waals surface area contributed by atoms with Gasteiger partial charge in [0.1, 0.15) is 11.3 Å². The zero-order valence-electron chi connectivity index (χ0n) is 12.2. The molecular formula is C16H21N3S2. The summed E-state index contributed by atoms with van der Waals surface area (Å²) in [6, 6.07) is 4.74. The first-order valence-electron chi connectivity index (χ1n) is 7.92. The van der Waals surface area contributed by atoms with Crippen molar-refractivity contribution in [1.29, 1.82) is 0 Å². The van der Waals surface area contributed by atoms with Gasteiger partial charge in [-0.2, -0.15) is 23.5 Å². The summed E-state index contributed by atoms with van der Waals surface area (Å²) in [7, 11) is 0. The van der Waals surface area contributed by atoms with E-state index in [1.165, 1.54) is 54.5 Å². The predicted molar refractivity (Wildman–Crippen MR) is 92.4 cm³/mol. The number of nitrogens with zero attached hydrogens (tertiary/aromatic N) is 3. The molecule has 0 N–H and O–H groups in total. The number of pyridine rings is 1. The second-order valence-corrected chi connectivity index (χ2v) is 8.32. The largest absolute Gasteiger partial charge is 0.309 e. The SMILES string of the molecule is c1cnc2c(c1)nc(C1CCCSC1)n2C1CCSCC1. The van der Waals surface area contributed by atoms with Gasteiger partial charge in [-0.3, -0.25) is 0 Å². The van der Waals surface area contributed by atoms with Crippen molar-refractivity contribution in [2.45, 2.75) is 37.6 Å². The van der Waals surface area contributed by atoms with Gasteiger partial charge < -0.3 is 4.57 Å². The van der Waals surface area contributed by atoms with Crippen LogP contribution in [0.1, 0.15) is 43.5 Å². The Bertz CT molecular complexity index is 613. The smallest absolute Gasteiger partial charge is 0.160 e. The van der Waals surface area contributed by atoms with Crippen LogP contribution in [0.3, 0.4) is 0 Å². The number of aromatic nitrogens is 3. The van der Waals surface area contributed by atoms with Crippen LogP contribution in [0, 0.1) is 0 Å². The molecule has 5 heteroatoms. The maximum Gasteiger partial charge on any atom is 0.160 e. The van der Waals surface area contributed by atoms with Crippen LogP contribution in [0.2, 0.25) is 0 Å². The van der Waals surface area contributed by atoms with Gasteiger partial charge in [-0.05, 0) is 55.1 Å². The number of imidazole rings is 1. The number of hydrogen-bond donors (Lipinski definition) is 0. The lowest BCUT2D eigenvalue weighted by Crippen LogP contribution is -2.21. The van der Waals surface area contributed by atoms with Gasteiger partial charge in [-0.1, -0.05) is 0 Å². The van der Waals surface area contributed by atoms with Crippen LogP contribution in [-0.4, -0.2) is 37.5 Å². The van der Waals surface area contributed by atoms with E-state index in [-0.39, 0.29) is 0 Å². The molecule has 0 amide bonds. The molecule has 2 aliphatic rings. The van der Waals surface area contributed by atoms with Gasteiger partial charge >= 0.3 is 0 Å². The fourth-order valence-corrected chi connectivity index (χ4v) is 5.70. The number of thioether (sulfide) groups is 2. The fraction of sp³-hybridized carbons (Fsp3) is 0.625. The first-order chi connectivity index (χ1) is 10.4. The van der Waals surface area contributed by atoms with Crippen molar-refractivity contribution in [3.63, 3.8) is 0 Å². The summed E-state index contributed by atoms with van der Waals surface area (Å²) in [5.41, 5.74) is 2.20. The Morgan fingerprint density at radius 2 is 2.00 bits per heavy atom. The Morgan fingerprint density at radius 1 is 1.10 bits per heavy atom. The van der Waals surface area contributed by atoms with Crippen molar-refractivity contribution >= 4 is 34.7 Å². The molecule has 0 saturated carbocycles. The number of rotatable bonds is 2. The van der Waals surface area contributed by atoms with Crippen molar-refractivity contribution in [2.75, 3.05) is 23.0 Å². The molecule has 2 aromatic heterocycles. The van der Waals surface area contributed by atoms with Crippen LogP contribution < -0.4 is 0 Å². The summed E-state index contributed by atoms with van der Waals surface area (Å²) in [6.07, 6.45) is 7.06. The molecule has 1 unspecified atom stereocenters. The molecule has 21 heavy (non-hydrogen) atoms. The van der Waals surface area contributed by atoms with Crippen molar-refractivity contribution in [1.82, 2.24) is 14.5 Å². The van der Waals surface area contributed by atoms with Crippen molar-refractivity contribution in [3.05, 3.63) is 24.2 Å². The van der Waals surface area contributed by atoms with Gasteiger partial charge in [0.25, 0.3) is 0 Å². The van der Waals surface area contributed by atoms with E-state index in [2.05, 4.69) is 39.1 Å². The summed E-state index contributed by atoms with van der Waals surface area (Å²) in [5, 5.41) is 0. The topological polar surface area (TPSA) is 30.7 Å². The highest BCUT2D eigenvalue weighted by atomic mass is 32.2. The number of hydrogen-bond acceptors (Lipinski definition) is 4. The Balaban J connectivity index is 1.79. The summed E-state index contributed by atoms with van der Waals surface area (Å²) >= 11 is 4.17. The molecule has 3 nitrogen and oxygen atoms in total. The molecule has 0 radical (unpaired) electrons. The predicted octanol–water partition coefficient (Wildman–Crippen LogP) is 4.11. The molecule has 2 fully saturated rings. The lowest BCUT2D eigenvalue weighted by molar-refractivity contribution is 0.444. The van der Waals surface area contributed by atoms with E-state index in [1.807, 2.05) is 12.3 Å². The van der Waals surface area contributed by atoms with Gasteiger partial charge in [-0.25, -0.2) is 9.97 Å². The molecule has 112 valence electrons. The van der Waals surface area contributed by atoms with E-state index >= 15 is 0 Å². The molecule has 1 atom stereocenters. The third-order valence-corrected chi connectivity index (χ3v) is 6.82. The lowest BCUT2D eigenvalue weighted by atomic mass is 10.0. The molecular weight excluding hydrogens is 298 g/mol. The summed E-state index contributed by atoms with van der Waals surface area (Å²) in [4.78, 5) is 9.65. The maximum atomic E-state index is 4.99. The Hall–Kier alpha value is -0.680. The van der Waals surface area contributed by atoms with Gasteiger partial charge in [0.05, 0.1) is 0 Å². The Kier molecular flexibility index (Phi) is 4.12.